The summed E-state index contributed by atoms with van der Waals surface area (Å²) in [5, 5.41) is 14.6. The van der Waals surface area contributed by atoms with Crippen molar-refractivity contribution in [3.8, 4) is 5.75 Å². The highest BCUT2D eigenvalue weighted by molar-refractivity contribution is 5.72. The van der Waals surface area contributed by atoms with E-state index in [4.69, 9.17) is 9.84 Å². The number of piperazine rings is 1. The highest BCUT2D eigenvalue weighted by Gasteiger charge is 2.30. The molecule has 9 heteroatoms. The Balaban J connectivity index is 1.66. The molecule has 5 N–H and O–H groups in total. The van der Waals surface area contributed by atoms with E-state index in [9.17, 15) is 9.59 Å². The van der Waals surface area contributed by atoms with Crippen LogP contribution in [0.1, 0.15) is 32.8 Å². The number of carboxylic acid groups (broad SMARTS) is 1. The van der Waals surface area contributed by atoms with Gasteiger partial charge in [-0.15, -0.1) is 0 Å². The van der Waals surface area contributed by atoms with Gasteiger partial charge in [0.1, 0.15) is 12.0 Å². The number of carbonyl (C=O) groups is 2. The lowest BCUT2D eigenvalue weighted by Gasteiger charge is -2.32. The molecule has 1 aromatic carbocycles. The smallest absolute Gasteiger partial charge is 0.405 e. The van der Waals surface area contributed by atoms with E-state index in [0.29, 0.717) is 32.0 Å². The number of ether oxygens (including phenoxy) is 1. The maximum Gasteiger partial charge on any atom is 0.405 e. The molecule has 1 aliphatic heterocycles. The number of benzene rings is 1. The third-order valence-electron chi connectivity index (χ3n) is 5.66. The number of hydrogen-bond donors (Lipinski definition) is 5. The monoisotopic (exact) mass is 435 g/mol. The molecule has 0 saturated carbocycles. The van der Waals surface area contributed by atoms with Crippen LogP contribution in [-0.2, 0) is 11.3 Å². The Morgan fingerprint density at radius 1 is 1.35 bits per heavy atom. The lowest BCUT2D eigenvalue weighted by molar-refractivity contribution is -0.111. The molecule has 0 radical (unpaired) electrons. The number of nitrogens with zero attached hydrogens (tertiary/aromatic N) is 1. The van der Waals surface area contributed by atoms with Crippen molar-refractivity contribution < 1.29 is 19.4 Å². The minimum absolute atomic E-state index is 0.419. The first kappa shape index (κ1) is 25.1. The Labute approximate surface area is 184 Å². The van der Waals surface area contributed by atoms with Gasteiger partial charge in [-0.05, 0) is 30.7 Å². The van der Waals surface area contributed by atoms with Crippen LogP contribution >= 0.6 is 0 Å². The fourth-order valence-electron chi connectivity index (χ4n) is 3.51. The average Bonchev–Trinajstić information content (AvgIpc) is 2.76. The largest absolute Gasteiger partial charge is 0.494 e. The van der Waals surface area contributed by atoms with Gasteiger partial charge >= 0.3 is 6.09 Å². The molecule has 31 heavy (non-hydrogen) atoms. The molecule has 2 rings (SSSR count). The van der Waals surface area contributed by atoms with Crippen LogP contribution < -0.4 is 26.2 Å². The molecular formula is C22H37N5O4. The molecule has 1 fully saturated rings. The van der Waals surface area contributed by atoms with Crippen LogP contribution in [0.15, 0.2) is 24.3 Å². The second-order valence-electron chi connectivity index (χ2n) is 8.58. The first-order valence-electron chi connectivity index (χ1n) is 10.9. The molecular weight excluding hydrogens is 398 g/mol. The summed E-state index contributed by atoms with van der Waals surface area (Å²) in [4.78, 5) is 24.4. The van der Waals surface area contributed by atoms with Gasteiger partial charge in [-0.25, -0.2) is 4.79 Å². The normalized spacial score (nSPS) is 18.4. The van der Waals surface area contributed by atoms with E-state index >= 15 is 0 Å². The summed E-state index contributed by atoms with van der Waals surface area (Å²) in [7, 11) is 0. The third kappa shape index (κ3) is 8.82. The lowest BCUT2D eigenvalue weighted by Crippen LogP contribution is -2.51. The predicted octanol–water partition coefficient (Wildman–Crippen LogP) is 1.20. The number of hydrazine groups is 1. The first-order chi connectivity index (χ1) is 14.8. The highest BCUT2D eigenvalue weighted by atomic mass is 16.5. The SMILES string of the molecule is CCN1CCNC(CCOc2ccc(CNNCC(C)(C)C(C=O)NC(=O)O)cc2)C1. The summed E-state index contributed by atoms with van der Waals surface area (Å²) in [6.45, 7) is 11.9. The van der Waals surface area contributed by atoms with E-state index in [1.54, 1.807) is 0 Å². The van der Waals surface area contributed by atoms with E-state index in [1.165, 1.54) is 0 Å². The molecule has 1 heterocycles. The summed E-state index contributed by atoms with van der Waals surface area (Å²) in [5.41, 5.74) is 6.69. The van der Waals surface area contributed by atoms with Gasteiger partial charge in [0.25, 0.3) is 0 Å². The third-order valence-corrected chi connectivity index (χ3v) is 5.66. The van der Waals surface area contributed by atoms with Crippen molar-refractivity contribution in [1.29, 1.82) is 0 Å². The summed E-state index contributed by atoms with van der Waals surface area (Å²) in [6, 6.07) is 7.64. The molecule has 0 aromatic heterocycles. The molecule has 174 valence electrons. The molecule has 0 spiro atoms. The first-order valence-corrected chi connectivity index (χ1v) is 10.9. The number of rotatable bonds is 13. The van der Waals surface area contributed by atoms with Gasteiger partial charge in [-0.3, -0.25) is 10.9 Å². The molecule has 0 aliphatic carbocycles. The molecule has 2 atom stereocenters. The number of nitrogens with one attached hydrogen (secondary N) is 4. The van der Waals surface area contributed by atoms with Crippen molar-refractivity contribution in [2.24, 2.45) is 5.41 Å². The van der Waals surface area contributed by atoms with Crippen molar-refractivity contribution in [2.75, 3.05) is 39.3 Å². The number of amides is 1. The Hall–Kier alpha value is -2.20. The van der Waals surface area contributed by atoms with Crippen molar-refractivity contribution in [3.05, 3.63) is 29.8 Å². The molecule has 1 aliphatic rings. The Morgan fingerprint density at radius 3 is 2.74 bits per heavy atom. The van der Waals surface area contributed by atoms with Crippen molar-refractivity contribution in [3.63, 3.8) is 0 Å². The van der Waals surface area contributed by atoms with Crippen LogP contribution in [0.2, 0.25) is 0 Å². The average molecular weight is 436 g/mol. The van der Waals surface area contributed by atoms with Crippen LogP contribution in [-0.4, -0.2) is 73.8 Å². The van der Waals surface area contributed by atoms with Crippen LogP contribution in [0.5, 0.6) is 5.75 Å². The topological polar surface area (TPSA) is 115 Å². The zero-order valence-electron chi connectivity index (χ0n) is 18.8. The standard InChI is InChI=1S/C22H37N5O4/c1-4-27-11-10-23-18(14-27)9-12-31-19-7-5-17(6-8-19)13-24-25-16-22(2,3)20(15-28)26-21(29)30/h5-8,15,18,20,23-26H,4,9-14,16H2,1-3H3,(H,29,30). The maximum atomic E-state index is 11.2. The van der Waals surface area contributed by atoms with Gasteiger partial charge in [-0.2, -0.15) is 0 Å². The van der Waals surface area contributed by atoms with E-state index in [2.05, 4.69) is 33.3 Å². The number of aldehydes is 1. The second kappa shape index (κ2) is 12.6. The van der Waals surface area contributed by atoms with Crippen LogP contribution in [0.4, 0.5) is 4.79 Å². The molecule has 2 unspecified atom stereocenters. The quantitative estimate of drug-likeness (QED) is 0.178. The van der Waals surface area contributed by atoms with Gasteiger partial charge in [0.2, 0.25) is 0 Å². The fraction of sp³-hybridized carbons (Fsp3) is 0.636. The summed E-state index contributed by atoms with van der Waals surface area (Å²) in [5.74, 6) is 0.856. The van der Waals surface area contributed by atoms with E-state index in [1.807, 2.05) is 38.1 Å². The number of likely N-dealkylation sites (N-methyl/N-ethyl adjacent to an activating group) is 1. The predicted molar refractivity (Wildman–Crippen MR) is 120 cm³/mol. The summed E-state index contributed by atoms with van der Waals surface area (Å²) in [6.07, 6.45) is 0.398. The Kier molecular flexibility index (Phi) is 10.2. The highest BCUT2D eigenvalue weighted by Crippen LogP contribution is 2.18. The van der Waals surface area contributed by atoms with Gasteiger partial charge in [0.15, 0.2) is 0 Å². The second-order valence-corrected chi connectivity index (χ2v) is 8.58. The van der Waals surface area contributed by atoms with Crippen LogP contribution in [0.25, 0.3) is 0 Å². The molecule has 1 saturated heterocycles. The Bertz CT molecular complexity index is 683. The van der Waals surface area contributed by atoms with E-state index in [0.717, 1.165) is 43.9 Å². The van der Waals surface area contributed by atoms with E-state index < -0.39 is 17.6 Å². The molecule has 9 nitrogen and oxygen atoms in total. The molecule has 0 bridgehead atoms. The lowest BCUT2D eigenvalue weighted by atomic mass is 9.85. The van der Waals surface area contributed by atoms with E-state index in [-0.39, 0.29) is 0 Å². The number of carbonyl (C=O) groups excluding carboxylic acids is 1. The van der Waals surface area contributed by atoms with Gasteiger partial charge < -0.3 is 30.2 Å². The van der Waals surface area contributed by atoms with Crippen molar-refractivity contribution >= 4 is 12.4 Å². The number of hydrogen-bond acceptors (Lipinski definition) is 7. The fourth-order valence-corrected chi connectivity index (χ4v) is 3.51. The zero-order valence-corrected chi connectivity index (χ0v) is 18.8. The van der Waals surface area contributed by atoms with Crippen LogP contribution in [0, 0.1) is 5.41 Å². The van der Waals surface area contributed by atoms with Gasteiger partial charge in [-0.1, -0.05) is 32.9 Å². The zero-order chi connectivity index (χ0) is 22.7. The van der Waals surface area contributed by atoms with Crippen LogP contribution in [0.3, 0.4) is 0 Å². The minimum atomic E-state index is -1.21. The molecule has 1 amide bonds. The van der Waals surface area contributed by atoms with Crippen molar-refractivity contribution in [1.82, 2.24) is 26.4 Å². The van der Waals surface area contributed by atoms with Crippen molar-refractivity contribution in [2.45, 2.75) is 45.8 Å². The summed E-state index contributed by atoms with van der Waals surface area (Å²) >= 11 is 0. The molecule has 1 aromatic rings. The Morgan fingerprint density at radius 2 is 2.10 bits per heavy atom. The summed E-state index contributed by atoms with van der Waals surface area (Å²) < 4.78 is 5.89. The maximum absolute atomic E-state index is 11.2. The van der Waals surface area contributed by atoms with Gasteiger partial charge in [0, 0.05) is 44.2 Å². The van der Waals surface area contributed by atoms with Gasteiger partial charge in [0.05, 0.1) is 12.6 Å². The minimum Gasteiger partial charge on any atom is -0.494 e.